The van der Waals surface area contributed by atoms with Crippen molar-refractivity contribution >= 4 is 27.0 Å². The molecule has 1 heterocycles. The molecule has 0 bridgehead atoms. The minimum atomic E-state index is -3.37. The minimum absolute atomic E-state index is 0.000763. The molecule has 0 amide bonds. The van der Waals surface area contributed by atoms with Gasteiger partial charge in [0.25, 0.3) is 0 Å². The maximum atomic E-state index is 11.9. The summed E-state index contributed by atoms with van der Waals surface area (Å²) < 4.78 is 26.8. The highest BCUT2D eigenvalue weighted by atomic mass is 32.2. The van der Waals surface area contributed by atoms with Crippen LogP contribution in [0.3, 0.4) is 0 Å². The Morgan fingerprint density at radius 3 is 2.81 bits per heavy atom. The van der Waals surface area contributed by atoms with Crippen molar-refractivity contribution < 1.29 is 8.42 Å². The third kappa shape index (κ3) is 2.96. The van der Waals surface area contributed by atoms with Gasteiger partial charge in [-0.15, -0.1) is 11.3 Å². The molecule has 1 aliphatic carbocycles. The first-order valence-electron chi connectivity index (χ1n) is 5.34. The summed E-state index contributed by atoms with van der Waals surface area (Å²) in [6, 6.07) is 1.50. The number of hydrogen-bond acceptors (Lipinski definition) is 4. The lowest BCUT2D eigenvalue weighted by Crippen LogP contribution is -2.32. The SMILES string of the molecule is CC(CC1CC1)NS(=O)(=O)c1cc(N)cs1. The van der Waals surface area contributed by atoms with Gasteiger partial charge in [0.05, 0.1) is 0 Å². The van der Waals surface area contributed by atoms with Crippen molar-refractivity contribution in [1.82, 2.24) is 4.72 Å². The number of nitrogens with two attached hydrogens (primary N) is 1. The van der Waals surface area contributed by atoms with Crippen LogP contribution >= 0.6 is 11.3 Å². The second-order valence-corrected chi connectivity index (χ2v) is 7.25. The predicted octanol–water partition coefficient (Wildman–Crippen LogP) is 1.80. The van der Waals surface area contributed by atoms with E-state index in [-0.39, 0.29) is 6.04 Å². The first-order chi connectivity index (χ1) is 7.47. The van der Waals surface area contributed by atoms with Gasteiger partial charge >= 0.3 is 0 Å². The second kappa shape index (κ2) is 4.35. The molecular formula is C10H16N2O2S2. The molecule has 1 aromatic heterocycles. The Hall–Kier alpha value is -0.590. The van der Waals surface area contributed by atoms with Crippen LogP contribution in [0.25, 0.3) is 0 Å². The maximum Gasteiger partial charge on any atom is 0.250 e. The number of anilines is 1. The summed E-state index contributed by atoms with van der Waals surface area (Å²) in [5, 5.41) is 1.64. The fraction of sp³-hybridized carbons (Fsp3) is 0.600. The Morgan fingerprint density at radius 2 is 2.31 bits per heavy atom. The molecule has 1 aromatic rings. The summed E-state index contributed by atoms with van der Waals surface area (Å²) in [5.41, 5.74) is 6.02. The monoisotopic (exact) mass is 260 g/mol. The van der Waals surface area contributed by atoms with Crippen LogP contribution in [0.15, 0.2) is 15.7 Å². The molecule has 1 unspecified atom stereocenters. The molecule has 0 radical (unpaired) electrons. The van der Waals surface area contributed by atoms with Gasteiger partial charge < -0.3 is 5.73 Å². The van der Waals surface area contributed by atoms with E-state index in [2.05, 4.69) is 4.72 Å². The van der Waals surface area contributed by atoms with E-state index in [0.717, 1.165) is 17.8 Å². The van der Waals surface area contributed by atoms with Crippen LogP contribution in [-0.4, -0.2) is 14.5 Å². The molecule has 16 heavy (non-hydrogen) atoms. The van der Waals surface area contributed by atoms with Gasteiger partial charge in [-0.1, -0.05) is 12.8 Å². The first kappa shape index (κ1) is 11.9. The number of sulfonamides is 1. The van der Waals surface area contributed by atoms with Crippen molar-refractivity contribution in [2.75, 3.05) is 5.73 Å². The van der Waals surface area contributed by atoms with Crippen LogP contribution in [-0.2, 0) is 10.0 Å². The van der Waals surface area contributed by atoms with Crippen molar-refractivity contribution in [3.63, 3.8) is 0 Å². The van der Waals surface area contributed by atoms with Crippen molar-refractivity contribution in [1.29, 1.82) is 0 Å². The summed E-state index contributed by atoms with van der Waals surface area (Å²) in [4.78, 5) is 0. The van der Waals surface area contributed by atoms with Gasteiger partial charge in [-0.25, -0.2) is 13.1 Å². The average Bonchev–Trinajstić information content (AvgIpc) is 2.84. The first-order valence-corrected chi connectivity index (χ1v) is 7.70. The second-order valence-electron chi connectivity index (χ2n) is 4.40. The highest BCUT2D eigenvalue weighted by molar-refractivity contribution is 7.91. The molecular weight excluding hydrogens is 244 g/mol. The fourth-order valence-electron chi connectivity index (χ4n) is 1.70. The van der Waals surface area contributed by atoms with Crippen LogP contribution < -0.4 is 10.5 Å². The van der Waals surface area contributed by atoms with E-state index in [1.807, 2.05) is 6.92 Å². The summed E-state index contributed by atoms with van der Waals surface area (Å²) in [6.45, 7) is 1.91. The molecule has 0 aromatic carbocycles. The van der Waals surface area contributed by atoms with Crippen LogP contribution in [0.2, 0.25) is 0 Å². The molecule has 6 heteroatoms. The van der Waals surface area contributed by atoms with Crippen molar-refractivity contribution in [2.45, 2.75) is 36.4 Å². The summed E-state index contributed by atoms with van der Waals surface area (Å²) in [6.07, 6.45) is 3.40. The number of hydrogen-bond donors (Lipinski definition) is 2. The summed E-state index contributed by atoms with van der Waals surface area (Å²) in [7, 11) is -3.37. The van der Waals surface area contributed by atoms with Gasteiger partial charge in [0.1, 0.15) is 4.21 Å². The lowest BCUT2D eigenvalue weighted by molar-refractivity contribution is 0.531. The van der Waals surface area contributed by atoms with E-state index in [0.29, 0.717) is 15.8 Å². The zero-order valence-corrected chi connectivity index (χ0v) is 10.8. The van der Waals surface area contributed by atoms with Crippen molar-refractivity contribution in [2.24, 2.45) is 5.92 Å². The fourth-order valence-corrected chi connectivity index (χ4v) is 4.05. The molecule has 1 atom stereocenters. The quantitative estimate of drug-likeness (QED) is 0.848. The van der Waals surface area contributed by atoms with Crippen LogP contribution in [0.4, 0.5) is 5.69 Å². The molecule has 1 fully saturated rings. The Morgan fingerprint density at radius 1 is 1.62 bits per heavy atom. The smallest absolute Gasteiger partial charge is 0.250 e. The molecule has 90 valence electrons. The van der Waals surface area contributed by atoms with Gasteiger partial charge in [-0.2, -0.15) is 0 Å². The van der Waals surface area contributed by atoms with Gasteiger partial charge in [-0.3, -0.25) is 0 Å². The van der Waals surface area contributed by atoms with Crippen LogP contribution in [0, 0.1) is 5.92 Å². The van der Waals surface area contributed by atoms with E-state index < -0.39 is 10.0 Å². The molecule has 1 saturated carbocycles. The number of nitrogens with one attached hydrogen (secondary N) is 1. The van der Waals surface area contributed by atoms with Gasteiger partial charge in [-0.05, 0) is 25.3 Å². The molecule has 3 N–H and O–H groups in total. The lowest BCUT2D eigenvalue weighted by Gasteiger charge is -2.12. The van der Waals surface area contributed by atoms with E-state index >= 15 is 0 Å². The predicted molar refractivity (Wildman–Crippen MR) is 65.9 cm³/mol. The topological polar surface area (TPSA) is 72.2 Å². The highest BCUT2D eigenvalue weighted by Gasteiger charge is 2.26. The third-order valence-corrected chi connectivity index (χ3v) is 5.65. The van der Waals surface area contributed by atoms with Crippen molar-refractivity contribution in [3.05, 3.63) is 11.4 Å². The van der Waals surface area contributed by atoms with E-state index in [4.69, 9.17) is 5.73 Å². The largest absolute Gasteiger partial charge is 0.398 e. The van der Waals surface area contributed by atoms with Gasteiger partial charge in [0.2, 0.25) is 10.0 Å². The average molecular weight is 260 g/mol. The zero-order valence-electron chi connectivity index (χ0n) is 9.14. The molecule has 1 aliphatic rings. The standard InChI is InChI=1S/C10H16N2O2S2/c1-7(4-8-2-3-8)12-16(13,14)10-5-9(11)6-15-10/h5-8,12H,2-4,11H2,1H3. The van der Waals surface area contributed by atoms with E-state index in [9.17, 15) is 8.42 Å². The molecule has 0 saturated heterocycles. The third-order valence-electron chi connectivity index (χ3n) is 2.60. The number of thiophene rings is 1. The zero-order chi connectivity index (χ0) is 11.8. The molecule has 4 nitrogen and oxygen atoms in total. The number of rotatable bonds is 5. The maximum absolute atomic E-state index is 11.9. The van der Waals surface area contributed by atoms with Gasteiger partial charge in [0.15, 0.2) is 0 Å². The normalized spacial score (nSPS) is 18.6. The summed E-state index contributed by atoms with van der Waals surface area (Å²) >= 11 is 1.16. The van der Waals surface area contributed by atoms with E-state index in [1.165, 1.54) is 18.9 Å². The van der Waals surface area contributed by atoms with E-state index in [1.54, 1.807) is 5.38 Å². The highest BCUT2D eigenvalue weighted by Crippen LogP contribution is 2.33. The lowest BCUT2D eigenvalue weighted by atomic mass is 10.2. The molecule has 2 rings (SSSR count). The van der Waals surface area contributed by atoms with Crippen molar-refractivity contribution in [3.8, 4) is 0 Å². The Balaban J connectivity index is 2.01. The van der Waals surface area contributed by atoms with Crippen LogP contribution in [0.1, 0.15) is 26.2 Å². The summed E-state index contributed by atoms with van der Waals surface area (Å²) in [5.74, 6) is 0.714. The number of nitrogen functional groups attached to an aromatic ring is 1. The Bertz CT molecular complexity index is 463. The van der Waals surface area contributed by atoms with Crippen LogP contribution in [0.5, 0.6) is 0 Å². The Labute approximate surface area is 99.9 Å². The molecule has 0 spiro atoms. The van der Waals surface area contributed by atoms with Gasteiger partial charge in [0, 0.05) is 17.1 Å². The Kier molecular flexibility index (Phi) is 3.23. The molecule has 0 aliphatic heterocycles. The minimum Gasteiger partial charge on any atom is -0.398 e.